The molecule has 6 rings (SSSR count). The molecule has 0 radical (unpaired) electrons. The topological polar surface area (TPSA) is 101 Å². The van der Waals surface area contributed by atoms with E-state index in [0.717, 1.165) is 78.8 Å². The second-order valence-electron chi connectivity index (χ2n) is 11.2. The van der Waals surface area contributed by atoms with Crippen molar-refractivity contribution in [2.24, 2.45) is 0 Å². The summed E-state index contributed by atoms with van der Waals surface area (Å²) >= 11 is 0. The zero-order valence-electron chi connectivity index (χ0n) is 22.8. The van der Waals surface area contributed by atoms with Gasteiger partial charge in [-0.1, -0.05) is 22.9 Å². The summed E-state index contributed by atoms with van der Waals surface area (Å²) in [7, 11) is 0. The molecule has 0 spiro atoms. The molecule has 1 fully saturated rings. The first-order chi connectivity index (χ1) is 19.3. The van der Waals surface area contributed by atoms with Crippen molar-refractivity contribution in [2.75, 3.05) is 19.6 Å². The van der Waals surface area contributed by atoms with Crippen molar-refractivity contribution in [3.63, 3.8) is 0 Å². The van der Waals surface area contributed by atoms with Crippen LogP contribution >= 0.6 is 0 Å². The van der Waals surface area contributed by atoms with Crippen molar-refractivity contribution in [2.45, 2.75) is 64.3 Å². The van der Waals surface area contributed by atoms with E-state index in [1.807, 2.05) is 26.0 Å². The molecule has 0 saturated carbocycles. The average Bonchev–Trinajstić information content (AvgIpc) is 3.36. The number of halogens is 1. The molecule has 1 atom stereocenters. The number of fused-ring (bicyclic) bond motifs is 2. The maximum absolute atomic E-state index is 13.7. The molecule has 0 bridgehead atoms. The number of aromatic carboxylic acids is 1. The van der Waals surface area contributed by atoms with Crippen LogP contribution in [0.1, 0.15) is 81.8 Å². The molecule has 40 heavy (non-hydrogen) atoms. The number of rotatable bonds is 6. The number of hydrogen-bond acceptors (Lipinski definition) is 6. The Hall–Kier alpha value is -3.85. The average molecular weight is 545 g/mol. The van der Waals surface area contributed by atoms with Crippen LogP contribution in [0, 0.1) is 19.7 Å². The molecule has 8 nitrogen and oxygen atoms in total. The summed E-state index contributed by atoms with van der Waals surface area (Å²) in [6, 6.07) is 9.95. The summed E-state index contributed by atoms with van der Waals surface area (Å²) in [6.45, 7) is 6.96. The number of carboxylic acid groups (broad SMARTS) is 1. The molecule has 1 saturated heterocycles. The fourth-order valence-corrected chi connectivity index (χ4v) is 6.46. The van der Waals surface area contributed by atoms with Crippen LogP contribution in [0.2, 0.25) is 0 Å². The normalized spacial score (nSPS) is 18.2. The summed E-state index contributed by atoms with van der Waals surface area (Å²) < 4.78 is 20.7. The first-order valence-corrected chi connectivity index (χ1v) is 14.0. The Kier molecular flexibility index (Phi) is 7.00. The smallest absolute Gasteiger partial charge is 0.335 e. The minimum atomic E-state index is -0.961. The van der Waals surface area contributed by atoms with E-state index < -0.39 is 5.97 Å². The third-order valence-electron chi connectivity index (χ3n) is 8.61. The summed E-state index contributed by atoms with van der Waals surface area (Å²) in [6.07, 6.45) is 4.02. The largest absolute Gasteiger partial charge is 0.478 e. The number of aromatic nitrogens is 3. The standard InChI is InChI=1S/C31H33FN4O4/c1-18-5-7-24(31(38)39)26(16-18)23-4-3-12-36-29(23)33-19(2)22(30(36)37)11-15-35-13-9-20(10-14-35)28-25-8-6-21(32)17-27(25)40-34-28/h5-8,16-17,20,23H,3-4,9-15H2,1-2H3,(H,38,39). The minimum Gasteiger partial charge on any atom is -0.478 e. The molecule has 4 aromatic rings. The van der Waals surface area contributed by atoms with E-state index in [2.05, 4.69) is 10.1 Å². The van der Waals surface area contributed by atoms with Crippen molar-refractivity contribution >= 4 is 16.9 Å². The van der Waals surface area contributed by atoms with Crippen molar-refractivity contribution in [1.82, 2.24) is 19.6 Å². The van der Waals surface area contributed by atoms with Crippen molar-refractivity contribution in [1.29, 1.82) is 0 Å². The Bertz CT molecular complexity index is 1650. The quantitative estimate of drug-likeness (QED) is 0.357. The van der Waals surface area contributed by atoms with Crippen LogP contribution < -0.4 is 5.56 Å². The van der Waals surface area contributed by atoms with Gasteiger partial charge in [-0.3, -0.25) is 9.36 Å². The molecule has 0 aliphatic carbocycles. The maximum Gasteiger partial charge on any atom is 0.335 e. The van der Waals surface area contributed by atoms with Crippen molar-refractivity contribution in [3.8, 4) is 0 Å². The van der Waals surface area contributed by atoms with Gasteiger partial charge in [0, 0.05) is 47.6 Å². The van der Waals surface area contributed by atoms with Crippen LogP contribution in [0.5, 0.6) is 0 Å². The molecule has 1 unspecified atom stereocenters. The van der Waals surface area contributed by atoms with Gasteiger partial charge in [-0.05, 0) is 82.8 Å². The van der Waals surface area contributed by atoms with Crippen LogP contribution in [0.15, 0.2) is 45.7 Å². The number of aryl methyl sites for hydroxylation is 2. The fraction of sp³-hybridized carbons (Fsp3) is 0.419. The summed E-state index contributed by atoms with van der Waals surface area (Å²) in [5.41, 5.74) is 4.83. The highest BCUT2D eigenvalue weighted by molar-refractivity contribution is 5.90. The van der Waals surface area contributed by atoms with Crippen molar-refractivity contribution < 1.29 is 18.8 Å². The maximum atomic E-state index is 13.7. The number of hydrogen-bond donors (Lipinski definition) is 1. The number of carboxylic acids is 1. The Labute approximate surface area is 231 Å². The number of carbonyl (C=O) groups is 1. The lowest BCUT2D eigenvalue weighted by Gasteiger charge is -2.31. The zero-order valence-corrected chi connectivity index (χ0v) is 22.8. The summed E-state index contributed by atoms with van der Waals surface area (Å²) in [5.74, 6) is -0.578. The van der Waals surface area contributed by atoms with E-state index in [-0.39, 0.29) is 28.8 Å². The lowest BCUT2D eigenvalue weighted by Crippen LogP contribution is -2.38. The Balaban J connectivity index is 1.17. The van der Waals surface area contributed by atoms with Gasteiger partial charge in [0.05, 0.1) is 11.3 Å². The van der Waals surface area contributed by atoms with E-state index >= 15 is 0 Å². The Morgan fingerprint density at radius 1 is 1.10 bits per heavy atom. The number of likely N-dealkylation sites (tertiary alicyclic amines) is 1. The highest BCUT2D eigenvalue weighted by Crippen LogP contribution is 2.35. The van der Waals surface area contributed by atoms with E-state index in [1.54, 1.807) is 16.7 Å². The van der Waals surface area contributed by atoms with Gasteiger partial charge >= 0.3 is 5.97 Å². The highest BCUT2D eigenvalue weighted by atomic mass is 19.1. The molecule has 2 aromatic carbocycles. The van der Waals surface area contributed by atoms with Gasteiger partial charge in [0.2, 0.25) is 0 Å². The van der Waals surface area contributed by atoms with Crippen LogP contribution in [-0.4, -0.2) is 50.3 Å². The SMILES string of the molecule is Cc1ccc(C(=O)O)c(C2CCCn3c2nc(C)c(CCN2CCC(c4noc5cc(F)ccc45)CC2)c3=O)c1. The third-order valence-corrected chi connectivity index (χ3v) is 8.61. The molecule has 9 heteroatoms. The molecule has 208 valence electrons. The number of piperidine rings is 1. The molecular weight excluding hydrogens is 511 g/mol. The van der Waals surface area contributed by atoms with Gasteiger partial charge in [-0.25, -0.2) is 14.2 Å². The van der Waals surface area contributed by atoms with Crippen LogP contribution in [-0.2, 0) is 13.0 Å². The number of benzene rings is 2. The van der Waals surface area contributed by atoms with Gasteiger partial charge in [0.1, 0.15) is 11.6 Å². The lowest BCUT2D eigenvalue weighted by molar-refractivity contribution is 0.0695. The van der Waals surface area contributed by atoms with E-state index in [4.69, 9.17) is 9.51 Å². The molecule has 2 aliphatic rings. The third kappa shape index (κ3) is 4.83. The van der Waals surface area contributed by atoms with Crippen LogP contribution in [0.25, 0.3) is 11.0 Å². The Morgan fingerprint density at radius 3 is 2.67 bits per heavy atom. The highest BCUT2D eigenvalue weighted by Gasteiger charge is 2.30. The predicted molar refractivity (Wildman–Crippen MR) is 149 cm³/mol. The monoisotopic (exact) mass is 544 g/mol. The first-order valence-electron chi connectivity index (χ1n) is 14.0. The number of nitrogens with zero attached hydrogens (tertiary/aromatic N) is 4. The fourth-order valence-electron chi connectivity index (χ4n) is 6.46. The predicted octanol–water partition coefficient (Wildman–Crippen LogP) is 5.19. The summed E-state index contributed by atoms with van der Waals surface area (Å²) in [4.78, 5) is 32.9. The van der Waals surface area contributed by atoms with Gasteiger partial charge in [-0.15, -0.1) is 0 Å². The minimum absolute atomic E-state index is 0.00656. The van der Waals surface area contributed by atoms with Gasteiger partial charge < -0.3 is 14.5 Å². The van der Waals surface area contributed by atoms with Crippen molar-refractivity contribution in [3.05, 3.63) is 92.0 Å². The van der Waals surface area contributed by atoms with E-state index in [9.17, 15) is 19.1 Å². The van der Waals surface area contributed by atoms with Crippen LogP contribution in [0.4, 0.5) is 4.39 Å². The molecule has 2 aliphatic heterocycles. The molecule has 4 heterocycles. The molecule has 0 amide bonds. The van der Waals surface area contributed by atoms with Gasteiger partial charge in [0.15, 0.2) is 5.58 Å². The second kappa shape index (κ2) is 10.6. The van der Waals surface area contributed by atoms with Gasteiger partial charge in [0.25, 0.3) is 5.56 Å². The van der Waals surface area contributed by atoms with Gasteiger partial charge in [-0.2, -0.15) is 0 Å². The van der Waals surface area contributed by atoms with E-state index in [1.165, 1.54) is 12.1 Å². The van der Waals surface area contributed by atoms with E-state index in [0.29, 0.717) is 24.4 Å². The Morgan fingerprint density at radius 2 is 1.90 bits per heavy atom. The van der Waals surface area contributed by atoms with Crippen LogP contribution in [0.3, 0.4) is 0 Å². The molecule has 1 N–H and O–H groups in total. The second-order valence-corrected chi connectivity index (χ2v) is 11.2. The molecular formula is C31H33FN4O4. The molecule has 2 aromatic heterocycles. The summed E-state index contributed by atoms with van der Waals surface area (Å²) in [5, 5.41) is 14.9. The first kappa shape index (κ1) is 26.4. The zero-order chi connectivity index (χ0) is 28.0. The lowest BCUT2D eigenvalue weighted by atomic mass is 9.86.